The molecule has 0 radical (unpaired) electrons. The molecular weight excluding hydrogens is 454 g/mol. The Balaban J connectivity index is 0.00000158. The van der Waals surface area contributed by atoms with Gasteiger partial charge in [0.05, 0.1) is 12.2 Å². The third-order valence-corrected chi connectivity index (χ3v) is 6.76. The Morgan fingerprint density at radius 2 is 1.79 bits per heavy atom. The van der Waals surface area contributed by atoms with E-state index >= 15 is 0 Å². The van der Waals surface area contributed by atoms with Gasteiger partial charge in [0.25, 0.3) is 5.91 Å². The van der Waals surface area contributed by atoms with Crippen LogP contribution in [-0.4, -0.2) is 36.8 Å². The Kier molecular flexibility index (Phi) is 9.77. The van der Waals surface area contributed by atoms with Gasteiger partial charge >= 0.3 is 0 Å². The summed E-state index contributed by atoms with van der Waals surface area (Å²) < 4.78 is 36.8. The molecule has 1 aliphatic heterocycles. The standard InChI is InChI=1S/C25H30F2N2O2S.C2H6/c1-16-11-18(3-6-22(16)26)14-29-9-7-17(8-10-29)15-31-24-13-23(27)21(25(30)28-32-2)12-20(24)19-4-5-19;1-2/h3,6,11-13,17,19H,4-5,7-10,14-15H2,1-2H3,(H,28,30);1-2H3. The number of benzene rings is 2. The minimum Gasteiger partial charge on any atom is -0.493 e. The lowest BCUT2D eigenvalue weighted by atomic mass is 9.97. The van der Waals surface area contributed by atoms with Crippen molar-refractivity contribution in [2.45, 2.75) is 58.9 Å². The number of nitrogens with zero attached hydrogens (tertiary/aromatic N) is 1. The van der Waals surface area contributed by atoms with E-state index in [2.05, 4.69) is 9.62 Å². The van der Waals surface area contributed by atoms with E-state index in [1.807, 2.05) is 26.0 Å². The van der Waals surface area contributed by atoms with Crippen LogP contribution in [-0.2, 0) is 6.54 Å². The van der Waals surface area contributed by atoms with Crippen LogP contribution < -0.4 is 9.46 Å². The van der Waals surface area contributed by atoms with E-state index in [9.17, 15) is 13.6 Å². The summed E-state index contributed by atoms with van der Waals surface area (Å²) in [6, 6.07) is 8.37. The first-order valence-corrected chi connectivity index (χ1v) is 13.4. The molecule has 4 rings (SSSR count). The van der Waals surface area contributed by atoms with Gasteiger partial charge in [-0.3, -0.25) is 14.4 Å². The molecule has 1 heterocycles. The molecule has 0 unspecified atom stereocenters. The van der Waals surface area contributed by atoms with Gasteiger partial charge in [0, 0.05) is 18.9 Å². The molecule has 1 saturated carbocycles. The predicted molar refractivity (Wildman–Crippen MR) is 135 cm³/mol. The van der Waals surface area contributed by atoms with Crippen molar-refractivity contribution < 1.29 is 18.3 Å². The zero-order chi connectivity index (χ0) is 24.7. The molecule has 2 aliphatic rings. The van der Waals surface area contributed by atoms with E-state index in [-0.39, 0.29) is 11.4 Å². The third-order valence-electron chi connectivity index (χ3n) is 6.37. The summed E-state index contributed by atoms with van der Waals surface area (Å²) in [6.45, 7) is 9.09. The quantitative estimate of drug-likeness (QED) is 0.430. The zero-order valence-corrected chi connectivity index (χ0v) is 21.4. The minimum absolute atomic E-state index is 0.0814. The fourth-order valence-electron chi connectivity index (χ4n) is 4.31. The second-order valence-corrected chi connectivity index (χ2v) is 9.51. The molecule has 34 heavy (non-hydrogen) atoms. The van der Waals surface area contributed by atoms with E-state index in [0.29, 0.717) is 29.8 Å². The van der Waals surface area contributed by atoms with Gasteiger partial charge < -0.3 is 4.74 Å². The summed E-state index contributed by atoms with van der Waals surface area (Å²) in [4.78, 5) is 14.5. The first-order valence-electron chi connectivity index (χ1n) is 12.2. The van der Waals surface area contributed by atoms with Crippen molar-refractivity contribution in [3.8, 4) is 5.75 Å². The van der Waals surface area contributed by atoms with Crippen molar-refractivity contribution in [1.29, 1.82) is 0 Å². The first kappa shape index (κ1) is 26.5. The molecule has 1 aliphatic carbocycles. The summed E-state index contributed by atoms with van der Waals surface area (Å²) in [6.07, 6.45) is 5.85. The summed E-state index contributed by atoms with van der Waals surface area (Å²) in [5.74, 6) is 0.232. The number of nitrogens with one attached hydrogen (secondary N) is 1. The fraction of sp³-hybridized carbons (Fsp3) is 0.519. The van der Waals surface area contributed by atoms with Crippen LogP contribution in [0.4, 0.5) is 8.78 Å². The van der Waals surface area contributed by atoms with Gasteiger partial charge in [0.2, 0.25) is 0 Å². The monoisotopic (exact) mass is 490 g/mol. The summed E-state index contributed by atoms with van der Waals surface area (Å²) >= 11 is 1.16. The SMILES string of the molecule is CC.CSNC(=O)c1cc(C2CC2)c(OCC2CCN(Cc3ccc(F)c(C)c3)CC2)cc1F. The van der Waals surface area contributed by atoms with Gasteiger partial charge in [-0.25, -0.2) is 8.78 Å². The number of carbonyl (C=O) groups excluding carboxylic acids is 1. The van der Waals surface area contributed by atoms with E-state index in [4.69, 9.17) is 4.74 Å². The molecule has 1 amide bonds. The van der Waals surface area contributed by atoms with Crippen LogP contribution in [0.3, 0.4) is 0 Å². The van der Waals surface area contributed by atoms with Crippen LogP contribution in [0.15, 0.2) is 30.3 Å². The van der Waals surface area contributed by atoms with Crippen molar-refractivity contribution in [1.82, 2.24) is 9.62 Å². The van der Waals surface area contributed by atoms with Crippen LogP contribution in [0.25, 0.3) is 0 Å². The lowest BCUT2D eigenvalue weighted by Crippen LogP contribution is -2.35. The van der Waals surface area contributed by atoms with Crippen LogP contribution in [0.1, 0.15) is 72.5 Å². The molecule has 2 fully saturated rings. The second-order valence-electron chi connectivity index (χ2n) is 8.89. The number of rotatable bonds is 8. The highest BCUT2D eigenvalue weighted by molar-refractivity contribution is 7.97. The maximum atomic E-state index is 14.6. The normalized spacial score (nSPS) is 16.5. The molecule has 0 spiro atoms. The Morgan fingerprint density at radius 1 is 1.09 bits per heavy atom. The second kappa shape index (κ2) is 12.5. The van der Waals surface area contributed by atoms with Gasteiger partial charge in [0.15, 0.2) is 0 Å². The predicted octanol–water partition coefficient (Wildman–Crippen LogP) is 6.48. The highest BCUT2D eigenvalue weighted by Gasteiger charge is 2.30. The zero-order valence-electron chi connectivity index (χ0n) is 20.6. The molecule has 0 aromatic heterocycles. The number of amides is 1. The maximum Gasteiger partial charge on any atom is 0.264 e. The number of aryl methyl sites for hydroxylation is 1. The summed E-state index contributed by atoms with van der Waals surface area (Å²) in [5, 5.41) is 0. The van der Waals surface area contributed by atoms with Crippen molar-refractivity contribution in [2.24, 2.45) is 5.92 Å². The summed E-state index contributed by atoms with van der Waals surface area (Å²) in [7, 11) is 0. The molecule has 2 aromatic carbocycles. The van der Waals surface area contributed by atoms with E-state index < -0.39 is 11.7 Å². The molecule has 186 valence electrons. The topological polar surface area (TPSA) is 41.6 Å². The van der Waals surface area contributed by atoms with Crippen LogP contribution >= 0.6 is 11.9 Å². The molecule has 0 bridgehead atoms. The average molecular weight is 491 g/mol. The number of carbonyl (C=O) groups is 1. The summed E-state index contributed by atoms with van der Waals surface area (Å²) in [5.41, 5.74) is 2.84. The highest BCUT2D eigenvalue weighted by atomic mass is 32.2. The van der Waals surface area contributed by atoms with Crippen LogP contribution in [0.2, 0.25) is 0 Å². The van der Waals surface area contributed by atoms with Crippen LogP contribution in [0, 0.1) is 24.5 Å². The Bertz CT molecular complexity index is 973. The van der Waals surface area contributed by atoms with E-state index in [1.165, 1.54) is 12.1 Å². The van der Waals surface area contributed by atoms with Crippen LogP contribution in [0.5, 0.6) is 5.75 Å². The van der Waals surface area contributed by atoms with E-state index in [1.54, 1.807) is 19.2 Å². The number of ether oxygens (including phenoxy) is 1. The number of piperidine rings is 1. The number of halogens is 2. The molecule has 2 aromatic rings. The van der Waals surface area contributed by atoms with Gasteiger partial charge in [-0.15, -0.1) is 0 Å². The minimum atomic E-state index is -0.541. The lowest BCUT2D eigenvalue weighted by molar-refractivity contribution is 0.0980. The number of hydrogen-bond acceptors (Lipinski definition) is 4. The Morgan fingerprint density at radius 3 is 2.41 bits per heavy atom. The van der Waals surface area contributed by atoms with Crippen molar-refractivity contribution in [3.63, 3.8) is 0 Å². The van der Waals surface area contributed by atoms with E-state index in [0.717, 1.165) is 68.4 Å². The highest BCUT2D eigenvalue weighted by Crippen LogP contribution is 2.45. The molecule has 4 nitrogen and oxygen atoms in total. The lowest BCUT2D eigenvalue weighted by Gasteiger charge is -2.32. The Hall–Kier alpha value is -2.12. The van der Waals surface area contributed by atoms with Gasteiger partial charge in [0.1, 0.15) is 17.4 Å². The van der Waals surface area contributed by atoms with Crippen molar-refractivity contribution in [3.05, 3.63) is 64.2 Å². The molecule has 7 heteroatoms. The van der Waals surface area contributed by atoms with Gasteiger partial charge in [-0.1, -0.05) is 37.9 Å². The van der Waals surface area contributed by atoms with Crippen molar-refractivity contribution >= 4 is 17.9 Å². The smallest absolute Gasteiger partial charge is 0.264 e. The largest absolute Gasteiger partial charge is 0.493 e. The molecule has 0 atom stereocenters. The molecular formula is C27H36F2N2O2S. The first-order chi connectivity index (χ1) is 16.4. The number of likely N-dealkylation sites (tertiary alicyclic amines) is 1. The maximum absolute atomic E-state index is 14.6. The third kappa shape index (κ3) is 6.95. The Labute approximate surface area is 206 Å². The molecule has 1 N–H and O–H groups in total. The van der Waals surface area contributed by atoms with Gasteiger partial charge in [-0.05, 0) is 86.4 Å². The fourth-order valence-corrected chi connectivity index (χ4v) is 4.61. The van der Waals surface area contributed by atoms with Gasteiger partial charge in [-0.2, -0.15) is 0 Å². The van der Waals surface area contributed by atoms with Crippen molar-refractivity contribution in [2.75, 3.05) is 26.0 Å². The average Bonchev–Trinajstić information content (AvgIpc) is 3.68. The number of hydrogen-bond donors (Lipinski definition) is 1. The molecule has 1 saturated heterocycles.